The second-order valence-electron chi connectivity index (χ2n) is 12.3. The normalized spacial score (nSPS) is 22.2. The molecule has 11 heteroatoms. The Balaban J connectivity index is 1.01. The van der Waals surface area contributed by atoms with E-state index in [0.29, 0.717) is 50.0 Å². The monoisotopic (exact) mass is 549 g/mol. The quantitative estimate of drug-likeness (QED) is 0.596. The first-order chi connectivity index (χ1) is 19.2. The molecule has 6 rings (SSSR count). The number of anilines is 2. The third-order valence-electron chi connectivity index (χ3n) is 8.45. The fourth-order valence-corrected chi connectivity index (χ4v) is 6.28. The van der Waals surface area contributed by atoms with Crippen molar-refractivity contribution in [3.05, 3.63) is 30.3 Å². The van der Waals surface area contributed by atoms with E-state index in [1.807, 2.05) is 43.9 Å². The van der Waals surface area contributed by atoms with Crippen molar-refractivity contribution < 1.29 is 19.4 Å². The molecule has 2 N–H and O–H groups in total. The van der Waals surface area contributed by atoms with Crippen LogP contribution in [-0.2, 0) is 9.53 Å². The Morgan fingerprint density at radius 3 is 2.45 bits per heavy atom. The minimum absolute atomic E-state index is 0.0396. The van der Waals surface area contributed by atoms with Gasteiger partial charge in [0.2, 0.25) is 5.91 Å². The molecule has 214 valence electrons. The maximum Gasteiger partial charge on any atom is 0.410 e. The lowest BCUT2D eigenvalue weighted by Gasteiger charge is -2.50. The molecule has 0 unspecified atom stereocenters. The molecule has 3 saturated heterocycles. The van der Waals surface area contributed by atoms with Crippen LogP contribution in [-0.4, -0.2) is 112 Å². The highest BCUT2D eigenvalue weighted by Gasteiger charge is 2.42. The van der Waals surface area contributed by atoms with Crippen molar-refractivity contribution in [2.24, 2.45) is 5.92 Å². The summed E-state index contributed by atoms with van der Waals surface area (Å²) in [4.78, 5) is 34.3. The van der Waals surface area contributed by atoms with Crippen LogP contribution in [0, 0.1) is 5.92 Å². The third-order valence-corrected chi connectivity index (χ3v) is 8.45. The van der Waals surface area contributed by atoms with Crippen LogP contribution in [0.25, 0.3) is 11.3 Å². The smallest absolute Gasteiger partial charge is 0.410 e. The summed E-state index contributed by atoms with van der Waals surface area (Å²) in [7, 11) is 0. The number of piperidine rings is 1. The number of piperazine rings is 1. The zero-order chi connectivity index (χ0) is 28.0. The van der Waals surface area contributed by atoms with E-state index in [2.05, 4.69) is 25.3 Å². The van der Waals surface area contributed by atoms with Crippen LogP contribution in [0.15, 0.2) is 30.3 Å². The first-order valence-corrected chi connectivity index (χ1v) is 14.3. The number of phenolic OH excluding ortho intramolecular Hbond substituents is 1. The van der Waals surface area contributed by atoms with Gasteiger partial charge < -0.3 is 29.9 Å². The molecular weight excluding hydrogens is 510 g/mol. The summed E-state index contributed by atoms with van der Waals surface area (Å²) in [6, 6.07) is 9.69. The molecule has 2 amide bonds. The zero-order valence-corrected chi connectivity index (χ0v) is 23.5. The molecular formula is C29H39N7O4. The Labute approximate surface area is 235 Å². The second kappa shape index (κ2) is 10.4. The molecule has 5 heterocycles. The van der Waals surface area contributed by atoms with E-state index in [1.165, 1.54) is 0 Å². The Morgan fingerprint density at radius 2 is 1.73 bits per heavy atom. The predicted molar refractivity (Wildman–Crippen MR) is 151 cm³/mol. The predicted octanol–water partition coefficient (Wildman–Crippen LogP) is 2.62. The first kappa shape index (κ1) is 26.6. The number of amides is 2. The molecule has 0 saturated carbocycles. The molecule has 3 fully saturated rings. The van der Waals surface area contributed by atoms with Crippen LogP contribution in [0.3, 0.4) is 0 Å². The number of carbonyl (C=O) groups excluding carboxylic acids is 2. The topological polar surface area (TPSA) is 114 Å². The number of nitrogens with one attached hydrogen (secondary N) is 1. The highest BCUT2D eigenvalue weighted by molar-refractivity contribution is 5.81. The number of rotatable bonds is 3. The number of phenols is 1. The maximum atomic E-state index is 13.4. The van der Waals surface area contributed by atoms with Gasteiger partial charge in [0.15, 0.2) is 5.82 Å². The number of fused-ring (bicyclic) bond motifs is 3. The van der Waals surface area contributed by atoms with Crippen molar-refractivity contribution in [1.29, 1.82) is 0 Å². The van der Waals surface area contributed by atoms with Crippen LogP contribution in [0.4, 0.5) is 16.3 Å². The molecule has 4 aliphatic rings. The van der Waals surface area contributed by atoms with Gasteiger partial charge in [0.25, 0.3) is 0 Å². The highest BCUT2D eigenvalue weighted by Crippen LogP contribution is 2.36. The van der Waals surface area contributed by atoms with Gasteiger partial charge in [0.1, 0.15) is 11.4 Å². The fourth-order valence-electron chi connectivity index (χ4n) is 6.28. The van der Waals surface area contributed by atoms with E-state index in [-0.39, 0.29) is 29.7 Å². The number of hydrogen-bond acceptors (Lipinski definition) is 9. The average Bonchev–Trinajstić information content (AvgIpc) is 2.91. The summed E-state index contributed by atoms with van der Waals surface area (Å²) in [6.07, 6.45) is 1.60. The van der Waals surface area contributed by atoms with Gasteiger partial charge in [0.05, 0.1) is 23.3 Å². The first-order valence-electron chi connectivity index (χ1n) is 14.3. The lowest BCUT2D eigenvalue weighted by atomic mass is 9.91. The van der Waals surface area contributed by atoms with Gasteiger partial charge in [-0.3, -0.25) is 9.69 Å². The maximum absolute atomic E-state index is 13.4. The number of aromatic nitrogens is 2. The Bertz CT molecular complexity index is 1270. The number of nitrogens with zero attached hydrogens (tertiary/aromatic N) is 6. The molecule has 0 aliphatic carbocycles. The Morgan fingerprint density at radius 1 is 0.975 bits per heavy atom. The van der Waals surface area contributed by atoms with Crippen LogP contribution >= 0.6 is 0 Å². The number of ether oxygens (including phenoxy) is 1. The van der Waals surface area contributed by atoms with Gasteiger partial charge in [-0.1, -0.05) is 12.1 Å². The highest BCUT2D eigenvalue weighted by atomic mass is 16.6. The molecule has 0 bridgehead atoms. The van der Waals surface area contributed by atoms with E-state index < -0.39 is 5.60 Å². The van der Waals surface area contributed by atoms with Gasteiger partial charge in [-0.05, 0) is 51.8 Å². The van der Waals surface area contributed by atoms with Crippen molar-refractivity contribution >= 4 is 23.5 Å². The fraction of sp³-hybridized carbons (Fsp3) is 0.586. The van der Waals surface area contributed by atoms with Crippen molar-refractivity contribution in [3.8, 4) is 17.0 Å². The second-order valence-corrected chi connectivity index (χ2v) is 12.3. The Kier molecular flexibility index (Phi) is 6.93. The number of para-hydroxylation sites is 1. The van der Waals surface area contributed by atoms with E-state index in [4.69, 9.17) is 4.74 Å². The van der Waals surface area contributed by atoms with Crippen molar-refractivity contribution in [3.63, 3.8) is 0 Å². The lowest BCUT2D eigenvalue weighted by molar-refractivity contribution is -0.143. The molecule has 40 heavy (non-hydrogen) atoms. The van der Waals surface area contributed by atoms with Gasteiger partial charge in [-0.2, -0.15) is 0 Å². The number of carbonyl (C=O) groups is 2. The van der Waals surface area contributed by atoms with E-state index >= 15 is 0 Å². The molecule has 2 aromatic rings. The zero-order valence-electron chi connectivity index (χ0n) is 23.5. The van der Waals surface area contributed by atoms with E-state index in [0.717, 1.165) is 44.0 Å². The summed E-state index contributed by atoms with van der Waals surface area (Å²) in [5.74, 6) is 1.20. The largest absolute Gasteiger partial charge is 0.507 e. The minimum Gasteiger partial charge on any atom is -0.507 e. The molecule has 0 spiro atoms. The van der Waals surface area contributed by atoms with Crippen LogP contribution < -0.4 is 10.2 Å². The van der Waals surface area contributed by atoms with E-state index in [1.54, 1.807) is 17.0 Å². The van der Waals surface area contributed by atoms with Crippen LogP contribution in [0.2, 0.25) is 0 Å². The summed E-state index contributed by atoms with van der Waals surface area (Å²) in [6.45, 7) is 11.4. The lowest BCUT2D eigenvalue weighted by Crippen LogP contribution is -2.64. The summed E-state index contributed by atoms with van der Waals surface area (Å²) in [5.41, 5.74) is 1.76. The van der Waals surface area contributed by atoms with Gasteiger partial charge in [0, 0.05) is 64.0 Å². The van der Waals surface area contributed by atoms with Gasteiger partial charge in [-0.15, -0.1) is 10.2 Å². The van der Waals surface area contributed by atoms with Crippen LogP contribution in [0.5, 0.6) is 5.75 Å². The molecule has 11 nitrogen and oxygen atoms in total. The van der Waals surface area contributed by atoms with Crippen molar-refractivity contribution in [2.45, 2.75) is 51.3 Å². The van der Waals surface area contributed by atoms with Crippen LogP contribution in [0.1, 0.15) is 33.6 Å². The van der Waals surface area contributed by atoms with E-state index in [9.17, 15) is 14.7 Å². The number of hydrogen-bond donors (Lipinski definition) is 2. The minimum atomic E-state index is -0.481. The number of benzene rings is 1. The van der Waals surface area contributed by atoms with Crippen molar-refractivity contribution in [1.82, 2.24) is 24.9 Å². The summed E-state index contributed by atoms with van der Waals surface area (Å²) >= 11 is 0. The molecule has 1 aromatic carbocycles. The Hall–Kier alpha value is -3.60. The number of likely N-dealkylation sites (tertiary alicyclic amines) is 2. The average molecular weight is 550 g/mol. The molecule has 4 aliphatic heterocycles. The molecule has 1 atom stereocenters. The SMILES string of the molecule is CC(C)(C)OC(=O)N1CCC(N2CC(C(=O)N3CCN4c5cc(-c6ccccc6O)nnc5NC[C@H]4C3)C2)CC1. The number of aromatic hydroxyl groups is 1. The third kappa shape index (κ3) is 5.26. The summed E-state index contributed by atoms with van der Waals surface area (Å²) < 4.78 is 5.52. The molecule has 0 radical (unpaired) electrons. The van der Waals surface area contributed by atoms with Gasteiger partial charge >= 0.3 is 6.09 Å². The standard InChI is InChI=1S/C29H39N7O4/c1-29(2,3)40-28(39)33-10-8-20(9-11-33)35-16-19(17-35)27(38)34-12-13-36-21(18-34)15-30-26-24(36)14-23(31-32-26)22-6-4-5-7-25(22)37/h4-7,14,19-21,37H,8-13,15-18H2,1-3H3,(H,30,32)/t21-/m0/s1. The van der Waals surface area contributed by atoms with Gasteiger partial charge in [-0.25, -0.2) is 4.79 Å². The van der Waals surface area contributed by atoms with Crippen molar-refractivity contribution in [2.75, 3.05) is 62.6 Å². The molecule has 1 aromatic heterocycles. The summed E-state index contributed by atoms with van der Waals surface area (Å²) in [5, 5.41) is 22.4.